The molecule has 2 amide bonds. The predicted octanol–water partition coefficient (Wildman–Crippen LogP) is 5.49. The zero-order valence-corrected chi connectivity index (χ0v) is 48.1. The number of carboxylic acid groups (broad SMARTS) is 2. The maximum atomic E-state index is 12.9. The molecule has 0 fully saturated rings. The number of nitrogens with zero attached hydrogens (tertiary/aromatic N) is 2. The third-order valence-corrected chi connectivity index (χ3v) is 14.0. The average Bonchev–Trinajstić information content (AvgIpc) is 3.44. The number of benzene rings is 8. The standard InChI is InChI=1S/2C32H30N2O3.2Na.H2O/c2*1-22(24-8-3-2-4-9-24)33-31(35)27-17-18-30-26(20-27)10-7-19-34(30)21-23-13-15-25(16-14-23)28-11-5-6-12-29(28)32(36)37;;;/h2*2-6,8-9,11-18,20,22H,7,10,19,21H2,1H3,(H,33,35)(H,36,37);;;1H2/q;;2*+1;/p-2/t2*22-;;;/m00.../s1. The first-order valence-electron chi connectivity index (χ1n) is 25.3. The van der Waals surface area contributed by atoms with E-state index in [-0.39, 0.29) is 94.1 Å². The third kappa shape index (κ3) is 14.8. The van der Waals surface area contributed by atoms with E-state index < -0.39 is 11.9 Å². The Bertz CT molecular complexity index is 3060. The third-order valence-electron chi connectivity index (χ3n) is 14.0. The summed E-state index contributed by atoms with van der Waals surface area (Å²) in [5.74, 6) is -2.23. The first kappa shape index (κ1) is 59.4. The minimum atomic E-state index is -1.17. The Hall–Kier alpha value is -6.80. The first-order chi connectivity index (χ1) is 36.0. The van der Waals surface area contributed by atoms with E-state index in [0.29, 0.717) is 22.3 Å². The van der Waals surface area contributed by atoms with E-state index in [1.54, 1.807) is 30.3 Å². The van der Waals surface area contributed by atoms with Gasteiger partial charge in [-0.25, -0.2) is 4.79 Å². The van der Waals surface area contributed by atoms with Crippen LogP contribution in [0.2, 0.25) is 0 Å². The fourth-order valence-corrected chi connectivity index (χ4v) is 10.0. The van der Waals surface area contributed by atoms with Gasteiger partial charge in [-0.3, -0.25) is 9.59 Å². The molecule has 0 spiro atoms. The zero-order chi connectivity index (χ0) is 51.6. The maximum absolute atomic E-state index is 12.9. The fraction of sp³-hybridized carbons (Fsp3) is 0.188. The number of hydrogen-bond donors (Lipinski definition) is 3. The summed E-state index contributed by atoms with van der Waals surface area (Å²) in [6, 6.07) is 61.9. The molecular weight excluding hydrogens is 983 g/mol. The van der Waals surface area contributed by atoms with Gasteiger partial charge in [0, 0.05) is 54.2 Å². The van der Waals surface area contributed by atoms with Gasteiger partial charge in [-0.15, -0.1) is 0 Å². The Kier molecular flexibility index (Phi) is 21.6. The van der Waals surface area contributed by atoms with Crippen LogP contribution in [0.25, 0.3) is 22.3 Å². The molecule has 4 N–H and O–H groups in total. The van der Waals surface area contributed by atoms with Gasteiger partial charge in [-0.2, -0.15) is 0 Å². The van der Waals surface area contributed by atoms with E-state index in [4.69, 9.17) is 0 Å². The smallest absolute Gasteiger partial charge is 0.870 e. The van der Waals surface area contributed by atoms with E-state index in [1.807, 2.05) is 153 Å². The van der Waals surface area contributed by atoms with Crippen molar-refractivity contribution in [3.05, 3.63) is 250 Å². The van der Waals surface area contributed by atoms with Gasteiger partial charge in [-0.05, 0) is 138 Å². The van der Waals surface area contributed by atoms with Gasteiger partial charge in [0.25, 0.3) is 11.8 Å². The van der Waals surface area contributed by atoms with Crippen molar-refractivity contribution in [2.45, 2.75) is 64.7 Å². The molecule has 380 valence electrons. The molecule has 13 heteroatoms. The molecular formula is C64H60N4Na2O7. The summed E-state index contributed by atoms with van der Waals surface area (Å²) < 4.78 is 0. The first-order valence-corrected chi connectivity index (χ1v) is 25.3. The largest absolute Gasteiger partial charge is 1.00 e. The molecule has 77 heavy (non-hydrogen) atoms. The molecule has 2 aliphatic rings. The van der Waals surface area contributed by atoms with E-state index in [0.717, 1.165) is 96.5 Å². The number of anilines is 2. The van der Waals surface area contributed by atoms with Crippen molar-refractivity contribution in [2.75, 3.05) is 22.9 Å². The molecule has 0 saturated heterocycles. The Balaban J connectivity index is 0.000000240. The van der Waals surface area contributed by atoms with Crippen LogP contribution in [-0.4, -0.2) is 47.4 Å². The second kappa shape index (κ2) is 28.0. The molecule has 0 unspecified atom stereocenters. The van der Waals surface area contributed by atoms with Crippen molar-refractivity contribution in [3.8, 4) is 22.3 Å². The minimum absolute atomic E-state index is 0. The van der Waals surface area contributed by atoms with Gasteiger partial charge >= 0.3 is 65.1 Å². The van der Waals surface area contributed by atoms with Gasteiger partial charge in [0.1, 0.15) is 0 Å². The van der Waals surface area contributed by atoms with Crippen LogP contribution in [0.15, 0.2) is 194 Å². The second-order valence-corrected chi connectivity index (χ2v) is 19.0. The van der Waals surface area contributed by atoms with E-state index >= 15 is 0 Å². The maximum Gasteiger partial charge on any atom is 1.00 e. The molecule has 0 aromatic heterocycles. The monoisotopic (exact) mass is 1040 g/mol. The number of carbonyl (C=O) groups is 4. The molecule has 11 nitrogen and oxygen atoms in total. The molecule has 0 bridgehead atoms. The zero-order valence-electron chi connectivity index (χ0n) is 44.1. The van der Waals surface area contributed by atoms with Gasteiger partial charge < -0.3 is 40.9 Å². The number of fused-ring (bicyclic) bond motifs is 2. The summed E-state index contributed by atoms with van der Waals surface area (Å²) in [4.78, 5) is 53.7. The normalized spacial score (nSPS) is 13.0. The van der Waals surface area contributed by atoms with Crippen molar-refractivity contribution in [1.29, 1.82) is 0 Å². The van der Waals surface area contributed by atoms with Gasteiger partial charge in [0.05, 0.1) is 23.6 Å². The number of amides is 2. The number of nitrogens with one attached hydrogen (secondary N) is 2. The van der Waals surface area contributed by atoms with Crippen molar-refractivity contribution in [3.63, 3.8) is 0 Å². The van der Waals surface area contributed by atoms with Crippen LogP contribution in [0.5, 0.6) is 0 Å². The summed E-state index contributed by atoms with van der Waals surface area (Å²) in [7, 11) is 0. The van der Waals surface area contributed by atoms with Gasteiger partial charge in [-0.1, -0.05) is 152 Å². The molecule has 2 heterocycles. The summed E-state index contributed by atoms with van der Waals surface area (Å²) in [5, 5.41) is 27.2. The number of hydrogen-bond acceptors (Lipinski definition) is 8. The van der Waals surface area contributed by atoms with Crippen LogP contribution >= 0.6 is 0 Å². The van der Waals surface area contributed by atoms with Crippen molar-refractivity contribution < 1.29 is 94.0 Å². The van der Waals surface area contributed by atoms with Gasteiger partial charge in [0.15, 0.2) is 0 Å². The fourth-order valence-electron chi connectivity index (χ4n) is 10.0. The summed E-state index contributed by atoms with van der Waals surface area (Å²) in [6.07, 6.45) is 3.95. The van der Waals surface area contributed by atoms with Crippen molar-refractivity contribution in [2.24, 2.45) is 0 Å². The Morgan fingerprint density at radius 2 is 0.883 bits per heavy atom. The molecule has 10 rings (SSSR count). The Morgan fingerprint density at radius 3 is 1.29 bits per heavy atom. The molecule has 0 radical (unpaired) electrons. The predicted molar refractivity (Wildman–Crippen MR) is 293 cm³/mol. The second-order valence-electron chi connectivity index (χ2n) is 19.0. The van der Waals surface area contributed by atoms with E-state index in [2.05, 4.69) is 44.7 Å². The molecule has 0 aliphatic carbocycles. The summed E-state index contributed by atoms with van der Waals surface area (Å²) >= 11 is 0. The Morgan fingerprint density at radius 1 is 0.506 bits per heavy atom. The Labute approximate surface area is 495 Å². The van der Waals surface area contributed by atoms with Crippen LogP contribution in [0.4, 0.5) is 11.4 Å². The number of rotatable bonds is 14. The van der Waals surface area contributed by atoms with E-state index in [9.17, 15) is 29.4 Å². The number of aryl methyl sites for hydroxylation is 2. The molecule has 2 atom stereocenters. The summed E-state index contributed by atoms with van der Waals surface area (Å²) in [6.45, 7) is 7.39. The summed E-state index contributed by atoms with van der Waals surface area (Å²) in [5.41, 5.74) is 14.1. The van der Waals surface area contributed by atoms with Crippen LogP contribution in [-0.2, 0) is 25.9 Å². The molecule has 8 aromatic carbocycles. The van der Waals surface area contributed by atoms with Crippen LogP contribution < -0.4 is 84.7 Å². The van der Waals surface area contributed by atoms with E-state index in [1.165, 1.54) is 16.8 Å². The number of aromatic carboxylic acids is 2. The number of carboxylic acids is 2. The average molecular weight is 1040 g/mol. The SMILES string of the molecule is C[C@H](NC(=O)c1ccc2c(c1)CCCN2Cc1ccc(-c2ccccc2C(=O)O)cc1)c1ccccc1.C[C@H](NC(=O)c1ccc2c(c1)CCCN2Cc1ccc(-c2ccccc2C(=O)[O-])cc1)c1ccccc1.[Na+].[Na+].[OH-]. The molecule has 8 aromatic rings. The van der Waals surface area contributed by atoms with Crippen LogP contribution in [0.3, 0.4) is 0 Å². The van der Waals surface area contributed by atoms with Gasteiger partial charge in [0.2, 0.25) is 0 Å². The minimum Gasteiger partial charge on any atom is -0.870 e. The molecule has 0 saturated carbocycles. The molecule has 2 aliphatic heterocycles. The topological polar surface area (TPSA) is 172 Å². The van der Waals surface area contributed by atoms with Crippen molar-refractivity contribution >= 4 is 35.1 Å². The van der Waals surface area contributed by atoms with Crippen molar-refractivity contribution in [1.82, 2.24) is 10.6 Å². The quantitative estimate of drug-likeness (QED) is 0.119. The van der Waals surface area contributed by atoms with Crippen LogP contribution in [0.1, 0.15) is 114 Å². The number of carbonyl (C=O) groups excluding carboxylic acids is 3. The van der Waals surface area contributed by atoms with Crippen LogP contribution in [0, 0.1) is 0 Å².